The van der Waals surface area contributed by atoms with Gasteiger partial charge in [-0.05, 0) is 36.2 Å². The maximum atomic E-state index is 4.67. The number of aromatic nitrogens is 4. The van der Waals surface area contributed by atoms with Gasteiger partial charge in [0.2, 0.25) is 5.78 Å². The molecule has 0 aliphatic rings. The molecule has 0 fully saturated rings. The molecule has 108 valence electrons. The van der Waals surface area contributed by atoms with E-state index in [9.17, 15) is 0 Å². The van der Waals surface area contributed by atoms with Crippen LogP contribution >= 0.6 is 0 Å². The molecule has 0 saturated heterocycles. The summed E-state index contributed by atoms with van der Waals surface area (Å²) >= 11 is 0. The van der Waals surface area contributed by atoms with E-state index in [-0.39, 0.29) is 0 Å². The summed E-state index contributed by atoms with van der Waals surface area (Å²) in [5.74, 6) is 1.15. The normalized spacial score (nSPS) is 11.6. The molecule has 22 heavy (non-hydrogen) atoms. The molecule has 0 saturated carbocycles. The number of rotatable bonds is 2. The van der Waals surface area contributed by atoms with Crippen LogP contribution < -0.4 is 0 Å². The van der Waals surface area contributed by atoms with E-state index in [1.165, 1.54) is 0 Å². The van der Waals surface area contributed by atoms with Gasteiger partial charge in [0.15, 0.2) is 0 Å². The van der Waals surface area contributed by atoms with Gasteiger partial charge < -0.3 is 0 Å². The fraction of sp³-hybridized carbons (Fsp3) is 0.167. The highest BCUT2D eigenvalue weighted by atomic mass is 15.1. The number of hydrogen-bond donors (Lipinski definition) is 0. The Morgan fingerprint density at radius 2 is 1.82 bits per heavy atom. The van der Waals surface area contributed by atoms with Gasteiger partial charge in [0, 0.05) is 23.7 Å². The Morgan fingerprint density at radius 1 is 0.955 bits per heavy atom. The van der Waals surface area contributed by atoms with Crippen LogP contribution in [0, 0.1) is 0 Å². The molecule has 0 unspecified atom stereocenters. The Kier molecular flexibility index (Phi) is 2.89. The Balaban J connectivity index is 1.83. The number of hydrogen-bond acceptors (Lipinski definition) is 3. The van der Waals surface area contributed by atoms with Crippen molar-refractivity contribution in [1.29, 1.82) is 0 Å². The van der Waals surface area contributed by atoms with Crippen LogP contribution in [-0.4, -0.2) is 19.4 Å². The van der Waals surface area contributed by atoms with E-state index in [0.717, 1.165) is 28.0 Å². The first kappa shape index (κ1) is 13.0. The van der Waals surface area contributed by atoms with Crippen LogP contribution in [0.5, 0.6) is 0 Å². The predicted molar refractivity (Wildman–Crippen MR) is 87.8 cm³/mol. The Morgan fingerprint density at radius 3 is 2.59 bits per heavy atom. The minimum Gasteiger partial charge on any atom is -0.284 e. The first-order chi connectivity index (χ1) is 10.7. The van der Waals surface area contributed by atoms with E-state index in [4.69, 9.17) is 0 Å². The van der Waals surface area contributed by atoms with Crippen molar-refractivity contribution in [3.63, 3.8) is 0 Å². The third kappa shape index (κ3) is 2.04. The quantitative estimate of drug-likeness (QED) is 0.558. The standard InChI is InChI=1S/C18H16N4/c1-12(2)14-8-7-13(11-19-14)15-9-10-22-17-6-4-3-5-16(17)21-18(22)20-15/h3-12H,1-2H3. The average molecular weight is 288 g/mol. The van der Waals surface area contributed by atoms with Gasteiger partial charge >= 0.3 is 0 Å². The van der Waals surface area contributed by atoms with Gasteiger partial charge in [-0.3, -0.25) is 9.38 Å². The minimum atomic E-state index is 0.432. The van der Waals surface area contributed by atoms with Crippen molar-refractivity contribution in [2.45, 2.75) is 19.8 Å². The van der Waals surface area contributed by atoms with E-state index >= 15 is 0 Å². The molecule has 3 heterocycles. The van der Waals surface area contributed by atoms with Crippen molar-refractivity contribution in [3.05, 3.63) is 60.6 Å². The molecule has 1 aromatic carbocycles. The Bertz CT molecular complexity index is 952. The topological polar surface area (TPSA) is 43.1 Å². The molecule has 3 aromatic heterocycles. The second-order valence-corrected chi connectivity index (χ2v) is 5.71. The van der Waals surface area contributed by atoms with Crippen LogP contribution in [0.4, 0.5) is 0 Å². The van der Waals surface area contributed by atoms with Crippen molar-refractivity contribution in [1.82, 2.24) is 19.4 Å². The van der Waals surface area contributed by atoms with E-state index in [1.807, 2.05) is 41.1 Å². The van der Waals surface area contributed by atoms with Crippen LogP contribution in [0.1, 0.15) is 25.5 Å². The van der Waals surface area contributed by atoms with Crippen molar-refractivity contribution >= 4 is 16.8 Å². The van der Waals surface area contributed by atoms with Crippen molar-refractivity contribution in [3.8, 4) is 11.3 Å². The van der Waals surface area contributed by atoms with E-state index in [1.54, 1.807) is 0 Å². The first-order valence-corrected chi connectivity index (χ1v) is 7.42. The number of benzene rings is 1. The summed E-state index contributed by atoms with van der Waals surface area (Å²) in [7, 11) is 0. The monoisotopic (exact) mass is 288 g/mol. The molecule has 0 N–H and O–H groups in total. The molecule has 0 spiro atoms. The first-order valence-electron chi connectivity index (χ1n) is 7.42. The van der Waals surface area contributed by atoms with E-state index in [2.05, 4.69) is 47.0 Å². The van der Waals surface area contributed by atoms with Gasteiger partial charge in [0.25, 0.3) is 0 Å². The van der Waals surface area contributed by atoms with E-state index < -0.39 is 0 Å². The second kappa shape index (κ2) is 4.91. The number of fused-ring (bicyclic) bond motifs is 3. The second-order valence-electron chi connectivity index (χ2n) is 5.71. The zero-order valence-electron chi connectivity index (χ0n) is 12.6. The molecule has 0 aliphatic carbocycles. The number of para-hydroxylation sites is 2. The zero-order valence-corrected chi connectivity index (χ0v) is 12.6. The summed E-state index contributed by atoms with van der Waals surface area (Å²) in [6.07, 6.45) is 3.90. The van der Waals surface area contributed by atoms with Crippen LogP contribution in [0.3, 0.4) is 0 Å². The summed E-state index contributed by atoms with van der Waals surface area (Å²) < 4.78 is 2.01. The van der Waals surface area contributed by atoms with Gasteiger partial charge in [0.1, 0.15) is 0 Å². The summed E-state index contributed by atoms with van der Waals surface area (Å²) in [4.78, 5) is 13.8. The minimum absolute atomic E-state index is 0.432. The van der Waals surface area contributed by atoms with Gasteiger partial charge in [-0.15, -0.1) is 0 Å². The highest BCUT2D eigenvalue weighted by Crippen LogP contribution is 2.21. The summed E-state index contributed by atoms with van der Waals surface area (Å²) in [5.41, 5.74) is 5.03. The zero-order chi connectivity index (χ0) is 15.1. The Hall–Kier alpha value is -2.75. The molecule has 0 bridgehead atoms. The van der Waals surface area contributed by atoms with Crippen LogP contribution in [0.25, 0.3) is 28.1 Å². The molecular weight excluding hydrogens is 272 g/mol. The smallest absolute Gasteiger partial charge is 0.235 e. The van der Waals surface area contributed by atoms with Gasteiger partial charge in [-0.1, -0.05) is 26.0 Å². The third-order valence-electron chi connectivity index (χ3n) is 3.85. The van der Waals surface area contributed by atoms with Crippen LogP contribution in [-0.2, 0) is 0 Å². The fourth-order valence-corrected chi connectivity index (χ4v) is 2.61. The van der Waals surface area contributed by atoms with Crippen molar-refractivity contribution in [2.75, 3.05) is 0 Å². The third-order valence-corrected chi connectivity index (χ3v) is 3.85. The number of pyridine rings is 1. The van der Waals surface area contributed by atoms with E-state index in [0.29, 0.717) is 11.7 Å². The van der Waals surface area contributed by atoms with Gasteiger partial charge in [-0.2, -0.15) is 0 Å². The molecular formula is C18H16N4. The molecule has 0 radical (unpaired) electrons. The SMILES string of the molecule is CC(C)c1ccc(-c2ccn3c(n2)nc2ccccc23)cn1. The highest BCUT2D eigenvalue weighted by molar-refractivity contribution is 5.79. The lowest BCUT2D eigenvalue weighted by molar-refractivity contribution is 0.823. The maximum Gasteiger partial charge on any atom is 0.235 e. The fourth-order valence-electron chi connectivity index (χ4n) is 2.61. The summed E-state index contributed by atoms with van der Waals surface area (Å²) in [5, 5.41) is 0. The molecule has 0 amide bonds. The molecule has 4 rings (SSSR count). The number of nitrogens with zero attached hydrogens (tertiary/aromatic N) is 4. The maximum absolute atomic E-state index is 4.67. The van der Waals surface area contributed by atoms with Gasteiger partial charge in [-0.25, -0.2) is 9.97 Å². The van der Waals surface area contributed by atoms with Crippen molar-refractivity contribution in [2.24, 2.45) is 0 Å². The van der Waals surface area contributed by atoms with Crippen LogP contribution in [0.2, 0.25) is 0 Å². The lowest BCUT2D eigenvalue weighted by Gasteiger charge is -2.06. The number of imidazole rings is 1. The Labute approximate surface area is 128 Å². The highest BCUT2D eigenvalue weighted by Gasteiger charge is 2.08. The molecule has 0 atom stereocenters. The van der Waals surface area contributed by atoms with Crippen molar-refractivity contribution < 1.29 is 0 Å². The van der Waals surface area contributed by atoms with Gasteiger partial charge in [0.05, 0.1) is 16.7 Å². The molecule has 4 aromatic rings. The lowest BCUT2D eigenvalue weighted by atomic mass is 10.1. The lowest BCUT2D eigenvalue weighted by Crippen LogP contribution is -1.94. The largest absolute Gasteiger partial charge is 0.284 e. The average Bonchev–Trinajstić information content (AvgIpc) is 2.92. The van der Waals surface area contributed by atoms with Crippen LogP contribution in [0.15, 0.2) is 54.9 Å². The molecule has 0 aliphatic heterocycles. The summed E-state index contributed by atoms with van der Waals surface area (Å²) in [6.45, 7) is 4.28. The summed E-state index contributed by atoms with van der Waals surface area (Å²) in [6, 6.07) is 14.2. The molecule has 4 nitrogen and oxygen atoms in total. The molecule has 4 heteroatoms. The predicted octanol–water partition coefficient (Wildman–Crippen LogP) is 4.07.